The summed E-state index contributed by atoms with van der Waals surface area (Å²) >= 11 is 2.76. The van der Waals surface area contributed by atoms with Gasteiger partial charge in [-0.15, -0.1) is 0 Å². The van der Waals surface area contributed by atoms with Gasteiger partial charge in [0.2, 0.25) is 0 Å². The molecule has 0 aromatic heterocycles. The number of carbonyl (C=O) groups is 1. The van der Waals surface area contributed by atoms with Crippen LogP contribution in [0.4, 0.5) is 8.78 Å². The molecule has 3 nitrogen and oxygen atoms in total. The molecule has 0 unspecified atom stereocenters. The topological polar surface area (TPSA) is 35.5 Å². The fourth-order valence-electron chi connectivity index (χ4n) is 1.91. The first-order valence-electron chi connectivity index (χ1n) is 5.90. The molecule has 0 amide bonds. The van der Waals surface area contributed by atoms with Crippen molar-refractivity contribution in [3.8, 4) is 0 Å². The van der Waals surface area contributed by atoms with Crippen LogP contribution in [0.1, 0.15) is 23.7 Å². The van der Waals surface area contributed by atoms with Crippen molar-refractivity contribution in [1.82, 2.24) is 0 Å². The van der Waals surface area contributed by atoms with E-state index in [2.05, 4.69) is 15.9 Å². The van der Waals surface area contributed by atoms with Gasteiger partial charge in [-0.05, 0) is 18.6 Å². The molecule has 6 heteroatoms. The van der Waals surface area contributed by atoms with E-state index in [4.69, 9.17) is 9.47 Å². The minimum absolute atomic E-state index is 0.242. The minimum atomic E-state index is -3.24. The highest BCUT2D eigenvalue weighted by atomic mass is 79.9. The lowest BCUT2D eigenvalue weighted by atomic mass is 10.1. The molecule has 0 aliphatic carbocycles. The summed E-state index contributed by atoms with van der Waals surface area (Å²) in [5, 5.41) is -1.43. The highest BCUT2D eigenvalue weighted by Gasteiger charge is 2.59. The second kappa shape index (κ2) is 5.54. The zero-order valence-electron chi connectivity index (χ0n) is 10.2. The van der Waals surface area contributed by atoms with Crippen molar-refractivity contribution < 1.29 is 23.0 Å². The largest absolute Gasteiger partial charge is 0.449 e. The van der Waals surface area contributed by atoms with Gasteiger partial charge in [0.25, 0.3) is 0 Å². The lowest BCUT2D eigenvalue weighted by Crippen LogP contribution is -2.41. The predicted molar refractivity (Wildman–Crippen MR) is 68.5 cm³/mol. The SMILES string of the molecule is CC[C@H]1O[C@H](Br)C(F)(F)[C@@H]1OC(=O)c1ccccc1. The van der Waals surface area contributed by atoms with Gasteiger partial charge in [-0.3, -0.25) is 0 Å². The zero-order valence-corrected chi connectivity index (χ0v) is 11.8. The van der Waals surface area contributed by atoms with Gasteiger partial charge < -0.3 is 9.47 Å². The Labute approximate surface area is 118 Å². The van der Waals surface area contributed by atoms with Gasteiger partial charge in [-0.2, -0.15) is 8.78 Å². The highest BCUT2D eigenvalue weighted by molar-refractivity contribution is 9.09. The normalized spacial score (nSPS) is 29.2. The second-order valence-corrected chi connectivity index (χ2v) is 5.10. The number of carbonyl (C=O) groups excluding carboxylic acids is 1. The molecule has 104 valence electrons. The van der Waals surface area contributed by atoms with Crippen molar-refractivity contribution in [3.63, 3.8) is 0 Å². The number of hydrogen-bond donors (Lipinski definition) is 0. The Kier molecular flexibility index (Phi) is 4.20. The average Bonchev–Trinajstić information content (AvgIpc) is 2.63. The Morgan fingerprint density at radius 1 is 1.42 bits per heavy atom. The second-order valence-electron chi connectivity index (χ2n) is 4.27. The molecule has 0 N–H and O–H groups in total. The van der Waals surface area contributed by atoms with Gasteiger partial charge in [-0.25, -0.2) is 4.79 Å². The molecule has 1 saturated heterocycles. The van der Waals surface area contributed by atoms with E-state index >= 15 is 0 Å². The van der Waals surface area contributed by atoms with Crippen LogP contribution in [-0.4, -0.2) is 29.1 Å². The number of esters is 1. The smallest absolute Gasteiger partial charge is 0.338 e. The van der Waals surface area contributed by atoms with Crippen molar-refractivity contribution in [3.05, 3.63) is 35.9 Å². The fourth-order valence-corrected chi connectivity index (χ4v) is 2.45. The van der Waals surface area contributed by atoms with Crippen molar-refractivity contribution >= 4 is 21.9 Å². The maximum absolute atomic E-state index is 13.9. The molecule has 0 saturated carbocycles. The lowest BCUT2D eigenvalue weighted by Gasteiger charge is -2.22. The molecular weight excluding hydrogens is 322 g/mol. The Bertz CT molecular complexity index is 452. The molecule has 1 aliphatic heterocycles. The van der Waals surface area contributed by atoms with E-state index in [1.54, 1.807) is 25.1 Å². The number of hydrogen-bond acceptors (Lipinski definition) is 3. The summed E-state index contributed by atoms with van der Waals surface area (Å²) in [5.74, 6) is -4.01. The van der Waals surface area contributed by atoms with E-state index in [1.165, 1.54) is 12.1 Å². The van der Waals surface area contributed by atoms with Crippen LogP contribution in [0.2, 0.25) is 0 Å². The van der Waals surface area contributed by atoms with Crippen LogP contribution in [0.5, 0.6) is 0 Å². The van der Waals surface area contributed by atoms with Crippen molar-refractivity contribution in [1.29, 1.82) is 0 Å². The Hall–Kier alpha value is -1.01. The van der Waals surface area contributed by atoms with Crippen LogP contribution in [0.25, 0.3) is 0 Å². The molecular formula is C13H13BrF2O3. The molecule has 0 radical (unpaired) electrons. The van der Waals surface area contributed by atoms with Crippen LogP contribution in [0.3, 0.4) is 0 Å². The lowest BCUT2D eigenvalue weighted by molar-refractivity contribution is -0.0957. The van der Waals surface area contributed by atoms with E-state index in [0.717, 1.165) is 0 Å². The maximum Gasteiger partial charge on any atom is 0.338 e. The zero-order chi connectivity index (χ0) is 14.0. The Balaban J connectivity index is 2.15. The first-order valence-corrected chi connectivity index (χ1v) is 6.81. The summed E-state index contributed by atoms with van der Waals surface area (Å²) in [7, 11) is 0. The van der Waals surface area contributed by atoms with Crippen molar-refractivity contribution in [2.45, 2.75) is 36.5 Å². The first kappa shape index (κ1) is 14.4. The fraction of sp³-hybridized carbons (Fsp3) is 0.462. The summed E-state index contributed by atoms with van der Waals surface area (Å²) in [6.07, 6.45) is -2.05. The number of rotatable bonds is 3. The molecule has 1 fully saturated rings. The van der Waals surface area contributed by atoms with Crippen molar-refractivity contribution in [2.24, 2.45) is 0 Å². The summed E-state index contributed by atoms with van der Waals surface area (Å²) in [4.78, 5) is 11.8. The van der Waals surface area contributed by atoms with E-state index in [9.17, 15) is 13.6 Å². The first-order chi connectivity index (χ1) is 8.96. The molecule has 1 aromatic rings. The average molecular weight is 335 g/mol. The number of benzene rings is 1. The molecule has 19 heavy (non-hydrogen) atoms. The predicted octanol–water partition coefficient (Wildman–Crippen LogP) is 3.38. The molecule has 0 spiro atoms. The van der Waals surface area contributed by atoms with Gasteiger partial charge >= 0.3 is 11.9 Å². The third-order valence-electron chi connectivity index (χ3n) is 2.96. The minimum Gasteiger partial charge on any atom is -0.449 e. The van der Waals surface area contributed by atoms with Crippen LogP contribution >= 0.6 is 15.9 Å². The highest BCUT2D eigenvalue weighted by Crippen LogP contribution is 2.42. The molecule has 0 bridgehead atoms. The molecule has 3 atom stereocenters. The monoisotopic (exact) mass is 334 g/mol. The molecule has 1 aliphatic rings. The number of ether oxygens (including phenoxy) is 2. The number of alkyl halides is 3. The third-order valence-corrected chi connectivity index (χ3v) is 3.79. The van der Waals surface area contributed by atoms with Crippen LogP contribution < -0.4 is 0 Å². The summed E-state index contributed by atoms with van der Waals surface area (Å²) in [6.45, 7) is 1.70. The quantitative estimate of drug-likeness (QED) is 0.628. The van der Waals surface area contributed by atoms with E-state index in [0.29, 0.717) is 6.42 Å². The Morgan fingerprint density at radius 2 is 2.05 bits per heavy atom. The van der Waals surface area contributed by atoms with Crippen molar-refractivity contribution in [2.75, 3.05) is 0 Å². The van der Waals surface area contributed by atoms with Crippen LogP contribution in [0.15, 0.2) is 30.3 Å². The Morgan fingerprint density at radius 3 is 2.63 bits per heavy atom. The molecule has 1 aromatic carbocycles. The van der Waals surface area contributed by atoms with Crippen LogP contribution in [-0.2, 0) is 9.47 Å². The third kappa shape index (κ3) is 2.79. The van der Waals surface area contributed by atoms with Gasteiger partial charge in [-0.1, -0.05) is 41.1 Å². The van der Waals surface area contributed by atoms with Gasteiger partial charge in [0.1, 0.15) is 6.10 Å². The van der Waals surface area contributed by atoms with Gasteiger partial charge in [0.05, 0.1) is 5.56 Å². The van der Waals surface area contributed by atoms with Crippen LogP contribution in [0, 0.1) is 0 Å². The van der Waals surface area contributed by atoms with E-state index in [1.807, 2.05) is 0 Å². The van der Waals surface area contributed by atoms with Gasteiger partial charge in [0, 0.05) is 0 Å². The number of halogens is 3. The van der Waals surface area contributed by atoms with Gasteiger partial charge in [0.15, 0.2) is 11.1 Å². The summed E-state index contributed by atoms with van der Waals surface area (Å²) in [5.41, 5.74) is 0.242. The molecule has 1 heterocycles. The van der Waals surface area contributed by atoms with E-state index < -0.39 is 29.1 Å². The standard InChI is InChI=1S/C13H13BrF2O3/c1-2-9-10(13(15,16)12(14)18-9)19-11(17)8-6-4-3-5-7-8/h3-7,9-10,12H,2H2,1H3/t9-,10-,12+/m1/s1. The molecule has 2 rings (SSSR count). The summed E-state index contributed by atoms with van der Waals surface area (Å²) in [6, 6.07) is 8.05. The van der Waals surface area contributed by atoms with E-state index in [-0.39, 0.29) is 5.56 Å². The summed E-state index contributed by atoms with van der Waals surface area (Å²) < 4.78 is 37.7. The maximum atomic E-state index is 13.9.